The molecule has 1 atom stereocenters. The topological polar surface area (TPSA) is 128 Å². The van der Waals surface area contributed by atoms with Crippen LogP contribution in [0.1, 0.15) is 12.8 Å². The van der Waals surface area contributed by atoms with Gasteiger partial charge in [0.25, 0.3) is 0 Å². The van der Waals surface area contributed by atoms with Crippen molar-refractivity contribution in [2.75, 3.05) is 23.3 Å². The van der Waals surface area contributed by atoms with E-state index in [1.165, 1.54) is 23.7 Å². The van der Waals surface area contributed by atoms with Gasteiger partial charge >= 0.3 is 0 Å². The molecule has 4 aromatic heterocycles. The van der Waals surface area contributed by atoms with E-state index in [-0.39, 0.29) is 11.8 Å². The van der Waals surface area contributed by atoms with Gasteiger partial charge in [0.15, 0.2) is 17.4 Å². The summed E-state index contributed by atoms with van der Waals surface area (Å²) in [5, 5.41) is 15.5. The molecule has 0 radical (unpaired) electrons. The summed E-state index contributed by atoms with van der Waals surface area (Å²) in [6.07, 6.45) is 7.61. The second-order valence-electron chi connectivity index (χ2n) is 7.13. The number of carbonyl (C=O) groups excluding carboxylic acids is 1. The van der Waals surface area contributed by atoms with Crippen molar-refractivity contribution in [2.45, 2.75) is 12.8 Å². The smallest absolute Gasteiger partial charge is 0.230 e. The standard InChI is InChI=1S/C20H19N9O2/c30-20(25-17-9-19(23-12-22-17)29-13-21-11-24-29)14-3-1-7-28(10-14)18-6-5-15(26-27-18)16-4-2-8-31-16/h2,4-6,8-9,11-14H,1,3,7,10H2,(H,22,23,25,30). The number of nitrogens with one attached hydrogen (secondary N) is 1. The van der Waals surface area contributed by atoms with Gasteiger partial charge in [-0.1, -0.05) is 0 Å². The van der Waals surface area contributed by atoms with Crippen molar-refractivity contribution in [1.29, 1.82) is 0 Å². The lowest BCUT2D eigenvalue weighted by atomic mass is 9.97. The van der Waals surface area contributed by atoms with Gasteiger partial charge in [-0.2, -0.15) is 5.10 Å². The Labute approximate surface area is 177 Å². The highest BCUT2D eigenvalue weighted by Gasteiger charge is 2.27. The van der Waals surface area contributed by atoms with Gasteiger partial charge in [-0.05, 0) is 37.1 Å². The first kappa shape index (κ1) is 18.9. The molecule has 1 N–H and O–H groups in total. The fraction of sp³-hybridized carbons (Fsp3) is 0.250. The molecule has 5 rings (SSSR count). The van der Waals surface area contributed by atoms with Crippen LogP contribution >= 0.6 is 0 Å². The summed E-state index contributed by atoms with van der Waals surface area (Å²) >= 11 is 0. The van der Waals surface area contributed by atoms with Crippen LogP contribution in [0.2, 0.25) is 0 Å². The highest BCUT2D eigenvalue weighted by Crippen LogP contribution is 2.24. The third-order valence-corrected chi connectivity index (χ3v) is 5.10. The van der Waals surface area contributed by atoms with E-state index < -0.39 is 0 Å². The predicted octanol–water partition coefficient (Wildman–Crippen LogP) is 1.96. The minimum atomic E-state index is -0.190. The first-order chi connectivity index (χ1) is 15.3. The van der Waals surface area contributed by atoms with Crippen LogP contribution in [0.4, 0.5) is 11.6 Å². The Morgan fingerprint density at radius 2 is 2.10 bits per heavy atom. The molecule has 0 saturated carbocycles. The van der Waals surface area contributed by atoms with E-state index in [1.54, 1.807) is 12.3 Å². The highest BCUT2D eigenvalue weighted by molar-refractivity contribution is 5.92. The van der Waals surface area contributed by atoms with E-state index in [2.05, 4.69) is 40.5 Å². The van der Waals surface area contributed by atoms with Gasteiger partial charge in [0, 0.05) is 19.2 Å². The molecule has 1 fully saturated rings. The summed E-state index contributed by atoms with van der Waals surface area (Å²) in [5.74, 6) is 2.08. The molecule has 0 aromatic carbocycles. The molecule has 1 amide bonds. The van der Waals surface area contributed by atoms with Crippen LogP contribution in [0, 0.1) is 5.92 Å². The normalized spacial score (nSPS) is 16.3. The molecule has 1 aliphatic heterocycles. The molecule has 5 heterocycles. The van der Waals surface area contributed by atoms with E-state index in [4.69, 9.17) is 4.42 Å². The number of carbonyl (C=O) groups is 1. The van der Waals surface area contributed by atoms with Crippen LogP contribution in [0.25, 0.3) is 17.3 Å². The SMILES string of the molecule is O=C(Nc1cc(-n2cncn2)ncn1)C1CCCN(c2ccc(-c3ccco3)nn2)C1. The van der Waals surface area contributed by atoms with Crippen LogP contribution in [-0.2, 0) is 4.79 Å². The zero-order chi connectivity index (χ0) is 21.0. The zero-order valence-electron chi connectivity index (χ0n) is 16.5. The van der Waals surface area contributed by atoms with Gasteiger partial charge in [-0.15, -0.1) is 10.2 Å². The monoisotopic (exact) mass is 417 g/mol. The fourth-order valence-electron chi connectivity index (χ4n) is 3.54. The van der Waals surface area contributed by atoms with Crippen molar-refractivity contribution in [3.05, 3.63) is 55.6 Å². The quantitative estimate of drug-likeness (QED) is 0.518. The van der Waals surface area contributed by atoms with Crippen LogP contribution in [-0.4, -0.2) is 53.9 Å². The molecular weight excluding hydrogens is 398 g/mol. The highest BCUT2D eigenvalue weighted by atomic mass is 16.3. The molecule has 0 aliphatic carbocycles. The summed E-state index contributed by atoms with van der Waals surface area (Å²) in [5.41, 5.74) is 0.673. The number of piperidine rings is 1. The molecule has 1 aliphatic rings. The third kappa shape index (κ3) is 4.10. The first-order valence-corrected chi connectivity index (χ1v) is 9.87. The van der Waals surface area contributed by atoms with E-state index in [1.807, 2.05) is 24.3 Å². The third-order valence-electron chi connectivity index (χ3n) is 5.10. The average molecular weight is 417 g/mol. The Balaban J connectivity index is 1.25. The van der Waals surface area contributed by atoms with Crippen molar-refractivity contribution >= 4 is 17.5 Å². The molecular formula is C20H19N9O2. The second-order valence-corrected chi connectivity index (χ2v) is 7.13. The van der Waals surface area contributed by atoms with Crippen molar-refractivity contribution in [2.24, 2.45) is 5.92 Å². The molecule has 156 valence electrons. The first-order valence-electron chi connectivity index (χ1n) is 9.87. The van der Waals surface area contributed by atoms with Crippen LogP contribution in [0.3, 0.4) is 0 Å². The van der Waals surface area contributed by atoms with E-state index in [0.717, 1.165) is 25.2 Å². The summed E-state index contributed by atoms with van der Waals surface area (Å²) in [7, 11) is 0. The largest absolute Gasteiger partial charge is 0.463 e. The lowest BCUT2D eigenvalue weighted by Gasteiger charge is -2.32. The summed E-state index contributed by atoms with van der Waals surface area (Å²) < 4.78 is 6.86. The number of rotatable bonds is 5. The van der Waals surface area contributed by atoms with E-state index in [9.17, 15) is 4.79 Å². The number of hydrogen-bond donors (Lipinski definition) is 1. The maximum atomic E-state index is 12.9. The zero-order valence-corrected chi connectivity index (χ0v) is 16.5. The predicted molar refractivity (Wildman–Crippen MR) is 110 cm³/mol. The molecule has 11 nitrogen and oxygen atoms in total. The lowest BCUT2D eigenvalue weighted by molar-refractivity contribution is -0.120. The van der Waals surface area contributed by atoms with Gasteiger partial charge in [0.05, 0.1) is 12.2 Å². The lowest BCUT2D eigenvalue weighted by Crippen LogP contribution is -2.41. The molecule has 1 unspecified atom stereocenters. The molecule has 4 aromatic rings. The van der Waals surface area contributed by atoms with Gasteiger partial charge < -0.3 is 14.6 Å². The number of nitrogens with zero attached hydrogens (tertiary/aromatic N) is 8. The van der Waals surface area contributed by atoms with E-state index >= 15 is 0 Å². The molecule has 0 bridgehead atoms. The van der Waals surface area contributed by atoms with Gasteiger partial charge in [-0.25, -0.2) is 19.6 Å². The Morgan fingerprint density at radius 1 is 1.13 bits per heavy atom. The number of anilines is 2. The minimum Gasteiger partial charge on any atom is -0.463 e. The van der Waals surface area contributed by atoms with E-state index in [0.29, 0.717) is 29.6 Å². The summed E-state index contributed by atoms with van der Waals surface area (Å²) in [4.78, 5) is 27.1. The van der Waals surface area contributed by atoms with Gasteiger partial charge in [0.1, 0.15) is 30.5 Å². The van der Waals surface area contributed by atoms with Crippen molar-refractivity contribution < 1.29 is 9.21 Å². The number of aromatic nitrogens is 7. The maximum Gasteiger partial charge on any atom is 0.230 e. The van der Waals surface area contributed by atoms with Crippen LogP contribution < -0.4 is 10.2 Å². The Hall–Kier alpha value is -4.15. The van der Waals surface area contributed by atoms with Crippen molar-refractivity contribution in [1.82, 2.24) is 34.9 Å². The molecule has 31 heavy (non-hydrogen) atoms. The Kier molecular flexibility index (Phi) is 5.05. The van der Waals surface area contributed by atoms with Crippen LogP contribution in [0.5, 0.6) is 0 Å². The van der Waals surface area contributed by atoms with Crippen molar-refractivity contribution in [3.8, 4) is 17.3 Å². The average Bonchev–Trinajstić information content (AvgIpc) is 3.54. The maximum absolute atomic E-state index is 12.9. The van der Waals surface area contributed by atoms with Crippen molar-refractivity contribution in [3.63, 3.8) is 0 Å². The summed E-state index contributed by atoms with van der Waals surface area (Å²) in [6, 6.07) is 9.08. The van der Waals surface area contributed by atoms with Crippen LogP contribution in [0.15, 0.2) is 60.0 Å². The second kappa shape index (κ2) is 8.30. The van der Waals surface area contributed by atoms with Gasteiger partial charge in [0.2, 0.25) is 5.91 Å². The number of furan rings is 1. The molecule has 0 spiro atoms. The molecule has 1 saturated heterocycles. The number of hydrogen-bond acceptors (Lipinski definition) is 9. The summed E-state index contributed by atoms with van der Waals surface area (Å²) in [6.45, 7) is 1.38. The minimum absolute atomic E-state index is 0.0897. The Morgan fingerprint density at radius 3 is 2.87 bits per heavy atom. The number of amides is 1. The molecule has 11 heteroatoms. The Bertz CT molecular complexity index is 1140. The van der Waals surface area contributed by atoms with Gasteiger partial charge in [-0.3, -0.25) is 4.79 Å². The fourth-order valence-corrected chi connectivity index (χ4v) is 3.54.